The van der Waals surface area contributed by atoms with Crippen LogP contribution in [0.15, 0.2) is 22.8 Å². The highest BCUT2D eigenvalue weighted by atomic mass is 16.3. The van der Waals surface area contributed by atoms with E-state index in [1.165, 1.54) is 19.3 Å². The number of carbonyl (C=O) groups excluding carboxylic acids is 1. The Labute approximate surface area is 95.2 Å². The number of hydrogen-bond acceptors (Lipinski definition) is 2. The Bertz CT molecular complexity index is 371. The van der Waals surface area contributed by atoms with E-state index in [1.54, 1.807) is 6.26 Å². The van der Waals surface area contributed by atoms with Crippen LogP contribution in [-0.4, -0.2) is 5.91 Å². The summed E-state index contributed by atoms with van der Waals surface area (Å²) >= 11 is 0. The van der Waals surface area contributed by atoms with E-state index in [0.29, 0.717) is 12.5 Å². The summed E-state index contributed by atoms with van der Waals surface area (Å²) < 4.78 is 5.19. The molecule has 1 N–H and O–H groups in total. The molecule has 86 valence electrons. The molecule has 2 aliphatic carbocycles. The minimum atomic E-state index is 0.226. The highest BCUT2D eigenvalue weighted by molar-refractivity contribution is 5.79. The van der Waals surface area contributed by atoms with Crippen LogP contribution in [0.5, 0.6) is 0 Å². The first-order valence-corrected chi connectivity index (χ1v) is 6.13. The second kappa shape index (κ2) is 3.96. The predicted octanol–water partition coefficient (Wildman–Crippen LogP) is 2.33. The third kappa shape index (κ3) is 1.75. The van der Waals surface area contributed by atoms with Crippen LogP contribution in [0.2, 0.25) is 0 Å². The van der Waals surface area contributed by atoms with Gasteiger partial charge in [0.05, 0.1) is 12.8 Å². The van der Waals surface area contributed by atoms with E-state index in [1.807, 2.05) is 12.1 Å². The molecule has 0 radical (unpaired) electrons. The topological polar surface area (TPSA) is 42.2 Å². The van der Waals surface area contributed by atoms with Crippen LogP contribution < -0.4 is 5.32 Å². The first kappa shape index (κ1) is 9.94. The molecule has 1 amide bonds. The third-order valence-electron chi connectivity index (χ3n) is 4.09. The maximum absolute atomic E-state index is 12.0. The zero-order chi connectivity index (χ0) is 11.0. The standard InChI is InChI=1S/C13H17NO2/c15-13(14-8-11-2-1-5-16-11)12-7-9-3-4-10(12)6-9/h1-2,5,9-10,12H,3-4,6-8H2,(H,14,15)/t9-,10+,12+/m0/s1. The van der Waals surface area contributed by atoms with Crippen LogP contribution in [0.1, 0.15) is 31.4 Å². The molecule has 0 aliphatic heterocycles. The molecule has 3 atom stereocenters. The number of furan rings is 1. The maximum Gasteiger partial charge on any atom is 0.223 e. The average Bonchev–Trinajstić information content (AvgIpc) is 3.01. The number of fused-ring (bicyclic) bond motifs is 2. The molecule has 2 fully saturated rings. The van der Waals surface area contributed by atoms with Crippen molar-refractivity contribution in [3.8, 4) is 0 Å². The molecular weight excluding hydrogens is 202 g/mol. The van der Waals surface area contributed by atoms with Crippen LogP contribution in [0.25, 0.3) is 0 Å². The van der Waals surface area contributed by atoms with E-state index in [2.05, 4.69) is 5.32 Å². The third-order valence-corrected chi connectivity index (χ3v) is 4.09. The lowest BCUT2D eigenvalue weighted by Gasteiger charge is -2.20. The molecule has 2 saturated carbocycles. The monoisotopic (exact) mass is 219 g/mol. The number of nitrogens with one attached hydrogen (secondary N) is 1. The van der Waals surface area contributed by atoms with Crippen molar-refractivity contribution in [2.24, 2.45) is 17.8 Å². The van der Waals surface area contributed by atoms with E-state index >= 15 is 0 Å². The van der Waals surface area contributed by atoms with Gasteiger partial charge in [-0.3, -0.25) is 4.79 Å². The molecule has 2 aliphatic rings. The number of amides is 1. The summed E-state index contributed by atoms with van der Waals surface area (Å²) in [5.74, 6) is 2.81. The second-order valence-corrected chi connectivity index (χ2v) is 5.08. The van der Waals surface area contributed by atoms with Crippen molar-refractivity contribution in [2.45, 2.75) is 32.2 Å². The maximum atomic E-state index is 12.0. The summed E-state index contributed by atoms with van der Waals surface area (Å²) in [5, 5.41) is 2.98. The lowest BCUT2D eigenvalue weighted by Crippen LogP contribution is -2.33. The fourth-order valence-electron chi connectivity index (χ4n) is 3.28. The van der Waals surface area contributed by atoms with Gasteiger partial charge < -0.3 is 9.73 Å². The van der Waals surface area contributed by atoms with Gasteiger partial charge in [-0.15, -0.1) is 0 Å². The average molecular weight is 219 g/mol. The molecule has 0 unspecified atom stereocenters. The first-order chi connectivity index (χ1) is 7.83. The predicted molar refractivity (Wildman–Crippen MR) is 59.5 cm³/mol. The van der Waals surface area contributed by atoms with Crippen molar-refractivity contribution in [2.75, 3.05) is 0 Å². The van der Waals surface area contributed by atoms with Crippen LogP contribution in [0, 0.1) is 17.8 Å². The van der Waals surface area contributed by atoms with Gasteiger partial charge in [-0.1, -0.05) is 6.42 Å². The molecule has 1 heterocycles. The molecule has 0 spiro atoms. The van der Waals surface area contributed by atoms with E-state index in [9.17, 15) is 4.79 Å². The van der Waals surface area contributed by atoms with Gasteiger partial charge in [-0.05, 0) is 43.2 Å². The molecule has 1 aromatic heterocycles. The molecule has 0 aromatic carbocycles. The lowest BCUT2D eigenvalue weighted by molar-refractivity contribution is -0.126. The van der Waals surface area contributed by atoms with E-state index < -0.39 is 0 Å². The molecule has 3 nitrogen and oxygen atoms in total. The summed E-state index contributed by atoms with van der Waals surface area (Å²) in [6.07, 6.45) is 6.61. The zero-order valence-electron chi connectivity index (χ0n) is 9.32. The van der Waals surface area contributed by atoms with Gasteiger partial charge in [0.15, 0.2) is 0 Å². The molecule has 3 rings (SSSR count). The molecule has 16 heavy (non-hydrogen) atoms. The second-order valence-electron chi connectivity index (χ2n) is 5.08. The fraction of sp³-hybridized carbons (Fsp3) is 0.615. The van der Waals surface area contributed by atoms with Gasteiger partial charge >= 0.3 is 0 Å². The Morgan fingerprint density at radius 2 is 2.38 bits per heavy atom. The largest absolute Gasteiger partial charge is 0.467 e. The van der Waals surface area contributed by atoms with Crippen LogP contribution in [0.4, 0.5) is 0 Å². The van der Waals surface area contributed by atoms with Crippen molar-refractivity contribution in [3.63, 3.8) is 0 Å². The van der Waals surface area contributed by atoms with Crippen molar-refractivity contribution in [1.82, 2.24) is 5.32 Å². The molecular formula is C13H17NO2. The van der Waals surface area contributed by atoms with Crippen LogP contribution in [-0.2, 0) is 11.3 Å². The Balaban J connectivity index is 1.54. The van der Waals surface area contributed by atoms with Crippen molar-refractivity contribution in [3.05, 3.63) is 24.2 Å². The zero-order valence-corrected chi connectivity index (χ0v) is 9.32. The lowest BCUT2D eigenvalue weighted by atomic mass is 9.88. The summed E-state index contributed by atoms with van der Waals surface area (Å²) in [6.45, 7) is 0.527. The molecule has 3 heteroatoms. The highest BCUT2D eigenvalue weighted by Gasteiger charge is 2.42. The summed E-state index contributed by atoms with van der Waals surface area (Å²) in [6, 6.07) is 3.74. The van der Waals surface area contributed by atoms with Gasteiger partial charge in [-0.25, -0.2) is 0 Å². The number of hydrogen-bond donors (Lipinski definition) is 1. The number of rotatable bonds is 3. The summed E-state index contributed by atoms with van der Waals surface area (Å²) in [7, 11) is 0. The van der Waals surface area contributed by atoms with Crippen molar-refractivity contribution < 1.29 is 9.21 Å². The van der Waals surface area contributed by atoms with Crippen molar-refractivity contribution >= 4 is 5.91 Å². The number of carbonyl (C=O) groups is 1. The quantitative estimate of drug-likeness (QED) is 0.847. The smallest absolute Gasteiger partial charge is 0.223 e. The Morgan fingerprint density at radius 3 is 3.00 bits per heavy atom. The summed E-state index contributed by atoms with van der Waals surface area (Å²) in [4.78, 5) is 12.0. The van der Waals surface area contributed by atoms with E-state index in [4.69, 9.17) is 4.42 Å². The molecule has 2 bridgehead atoms. The molecule has 1 aromatic rings. The van der Waals surface area contributed by atoms with Gasteiger partial charge in [0, 0.05) is 5.92 Å². The van der Waals surface area contributed by atoms with Gasteiger partial charge in [0.2, 0.25) is 5.91 Å². The van der Waals surface area contributed by atoms with Crippen LogP contribution >= 0.6 is 0 Å². The normalized spacial score (nSPS) is 31.9. The highest BCUT2D eigenvalue weighted by Crippen LogP contribution is 2.48. The van der Waals surface area contributed by atoms with E-state index in [0.717, 1.165) is 18.1 Å². The Kier molecular flexibility index (Phi) is 2.46. The van der Waals surface area contributed by atoms with Crippen LogP contribution in [0.3, 0.4) is 0 Å². The minimum Gasteiger partial charge on any atom is -0.467 e. The first-order valence-electron chi connectivity index (χ1n) is 6.13. The fourth-order valence-corrected chi connectivity index (χ4v) is 3.28. The van der Waals surface area contributed by atoms with Crippen molar-refractivity contribution in [1.29, 1.82) is 0 Å². The Hall–Kier alpha value is -1.25. The van der Waals surface area contributed by atoms with Gasteiger partial charge in [0.1, 0.15) is 5.76 Å². The Morgan fingerprint density at radius 1 is 1.44 bits per heavy atom. The summed E-state index contributed by atoms with van der Waals surface area (Å²) in [5.41, 5.74) is 0. The van der Waals surface area contributed by atoms with Gasteiger partial charge in [-0.2, -0.15) is 0 Å². The SMILES string of the molecule is O=C(NCc1ccco1)[C@@H]1C[C@H]2CC[C@@H]1C2. The van der Waals surface area contributed by atoms with Gasteiger partial charge in [0.25, 0.3) is 0 Å². The van der Waals surface area contributed by atoms with E-state index in [-0.39, 0.29) is 11.8 Å². The minimum absolute atomic E-state index is 0.226. The molecule has 0 saturated heterocycles.